The van der Waals surface area contributed by atoms with Gasteiger partial charge in [0.15, 0.2) is 5.13 Å². The molecule has 2 aliphatic rings. The Balaban J connectivity index is 1.69. The van der Waals surface area contributed by atoms with Crippen LogP contribution in [-0.4, -0.2) is 22.5 Å². The summed E-state index contributed by atoms with van der Waals surface area (Å²) in [5.74, 6) is 0.260. The van der Waals surface area contributed by atoms with Gasteiger partial charge in [0.05, 0.1) is 0 Å². The lowest BCUT2D eigenvalue weighted by atomic mass is 10.0. The first-order valence-electron chi connectivity index (χ1n) is 6.91. The minimum absolute atomic E-state index is 0.0718. The minimum atomic E-state index is -0.0803. The average molecular weight is 280 g/mol. The zero-order valence-electron chi connectivity index (χ0n) is 11.2. The van der Waals surface area contributed by atoms with Gasteiger partial charge in [-0.05, 0) is 32.6 Å². The molecule has 104 valence electrons. The number of anilines is 2. The van der Waals surface area contributed by atoms with E-state index in [1.165, 1.54) is 37.0 Å². The van der Waals surface area contributed by atoms with Crippen LogP contribution in [0.3, 0.4) is 0 Å². The van der Waals surface area contributed by atoms with Crippen LogP contribution in [0.15, 0.2) is 0 Å². The van der Waals surface area contributed by atoms with Gasteiger partial charge in [0.25, 0.3) is 5.91 Å². The third-order valence-electron chi connectivity index (χ3n) is 3.89. The lowest BCUT2D eigenvalue weighted by Crippen LogP contribution is -2.43. The van der Waals surface area contributed by atoms with Crippen molar-refractivity contribution in [2.75, 3.05) is 11.1 Å². The van der Waals surface area contributed by atoms with Crippen LogP contribution in [0.4, 0.5) is 10.9 Å². The molecule has 0 spiro atoms. The Hall–Kier alpha value is -1.30. The minimum Gasteiger partial charge on any atom is -0.382 e. The molecule has 2 fully saturated rings. The second-order valence-corrected chi connectivity index (χ2v) is 6.87. The third kappa shape index (κ3) is 2.83. The molecular formula is C13H20N4OS. The molecule has 0 atom stereocenters. The van der Waals surface area contributed by atoms with Crippen molar-refractivity contribution in [2.45, 2.75) is 57.0 Å². The Labute approximate surface area is 117 Å². The topological polar surface area (TPSA) is 80.0 Å². The van der Waals surface area contributed by atoms with Crippen LogP contribution in [0, 0.1) is 0 Å². The van der Waals surface area contributed by atoms with Gasteiger partial charge in [-0.2, -0.15) is 0 Å². The SMILES string of the molecule is CC1(NC(=O)c2sc(NC3CC3)nc2N)CCCC1. The molecule has 1 aromatic rings. The van der Waals surface area contributed by atoms with Crippen molar-refractivity contribution in [1.82, 2.24) is 10.3 Å². The van der Waals surface area contributed by atoms with Crippen molar-refractivity contribution in [1.29, 1.82) is 0 Å². The summed E-state index contributed by atoms with van der Waals surface area (Å²) in [6.45, 7) is 2.11. The first-order valence-corrected chi connectivity index (χ1v) is 7.73. The first kappa shape index (κ1) is 12.7. The zero-order valence-corrected chi connectivity index (χ0v) is 12.0. The fraction of sp³-hybridized carbons (Fsp3) is 0.692. The molecule has 4 N–H and O–H groups in total. The number of carbonyl (C=O) groups is 1. The zero-order chi connectivity index (χ0) is 13.5. The number of amides is 1. The summed E-state index contributed by atoms with van der Waals surface area (Å²) in [7, 11) is 0. The number of hydrogen-bond acceptors (Lipinski definition) is 5. The molecule has 2 saturated carbocycles. The number of thiazole rings is 1. The van der Waals surface area contributed by atoms with Gasteiger partial charge in [0, 0.05) is 11.6 Å². The lowest BCUT2D eigenvalue weighted by Gasteiger charge is -2.24. The molecule has 1 amide bonds. The third-order valence-corrected chi connectivity index (χ3v) is 4.89. The quantitative estimate of drug-likeness (QED) is 0.791. The molecule has 1 aromatic heterocycles. The van der Waals surface area contributed by atoms with Gasteiger partial charge in [-0.1, -0.05) is 24.2 Å². The molecular weight excluding hydrogens is 260 g/mol. The van der Waals surface area contributed by atoms with Crippen LogP contribution in [0.5, 0.6) is 0 Å². The van der Waals surface area contributed by atoms with Crippen molar-refractivity contribution in [3.63, 3.8) is 0 Å². The summed E-state index contributed by atoms with van der Waals surface area (Å²) in [5, 5.41) is 7.17. The van der Waals surface area contributed by atoms with E-state index < -0.39 is 0 Å². The number of nitrogens with zero attached hydrogens (tertiary/aromatic N) is 1. The molecule has 0 saturated heterocycles. The largest absolute Gasteiger partial charge is 0.382 e. The van der Waals surface area contributed by atoms with Gasteiger partial charge in [0.1, 0.15) is 10.7 Å². The maximum absolute atomic E-state index is 12.3. The Morgan fingerprint density at radius 1 is 1.42 bits per heavy atom. The number of nitrogens with one attached hydrogen (secondary N) is 2. The molecule has 6 heteroatoms. The summed E-state index contributed by atoms with van der Waals surface area (Å²) in [6, 6.07) is 0.522. The van der Waals surface area contributed by atoms with Crippen molar-refractivity contribution < 1.29 is 4.79 Å². The van der Waals surface area contributed by atoms with Crippen LogP contribution in [0.1, 0.15) is 55.1 Å². The van der Waals surface area contributed by atoms with E-state index in [0.29, 0.717) is 16.7 Å². The van der Waals surface area contributed by atoms with E-state index in [0.717, 1.165) is 18.0 Å². The number of carbonyl (C=O) groups excluding carboxylic acids is 1. The van der Waals surface area contributed by atoms with E-state index in [-0.39, 0.29) is 11.4 Å². The van der Waals surface area contributed by atoms with E-state index in [1.807, 2.05) is 0 Å². The van der Waals surface area contributed by atoms with Crippen molar-refractivity contribution in [3.05, 3.63) is 4.88 Å². The summed E-state index contributed by atoms with van der Waals surface area (Å²) in [6.07, 6.45) is 6.82. The molecule has 0 radical (unpaired) electrons. The summed E-state index contributed by atoms with van der Waals surface area (Å²) >= 11 is 1.36. The summed E-state index contributed by atoms with van der Waals surface area (Å²) < 4.78 is 0. The normalized spacial score (nSPS) is 21.3. The second kappa shape index (κ2) is 4.67. The fourth-order valence-electron chi connectivity index (χ4n) is 2.57. The van der Waals surface area contributed by atoms with Gasteiger partial charge in [0.2, 0.25) is 0 Å². The Bertz CT molecular complexity index is 489. The molecule has 19 heavy (non-hydrogen) atoms. The number of nitrogen functional groups attached to an aromatic ring is 1. The highest BCUT2D eigenvalue weighted by atomic mass is 32.1. The van der Waals surface area contributed by atoms with E-state index in [9.17, 15) is 4.79 Å². The van der Waals surface area contributed by atoms with Crippen LogP contribution < -0.4 is 16.4 Å². The molecule has 3 rings (SSSR count). The highest BCUT2D eigenvalue weighted by molar-refractivity contribution is 7.18. The van der Waals surface area contributed by atoms with Crippen molar-refractivity contribution in [2.24, 2.45) is 0 Å². The van der Waals surface area contributed by atoms with Crippen molar-refractivity contribution in [3.8, 4) is 0 Å². The van der Waals surface area contributed by atoms with Gasteiger partial charge in [-0.25, -0.2) is 4.98 Å². The van der Waals surface area contributed by atoms with Crippen molar-refractivity contribution >= 4 is 28.2 Å². The molecule has 5 nitrogen and oxygen atoms in total. The average Bonchev–Trinajstić information content (AvgIpc) is 2.93. The number of nitrogens with two attached hydrogens (primary N) is 1. The standard InChI is InChI=1S/C13H20N4OS/c1-13(6-2-3-7-13)17-11(18)9-10(14)16-12(19-9)15-8-4-5-8/h8H,2-7,14H2,1H3,(H,15,16)(H,17,18). The second-order valence-electron chi connectivity index (χ2n) is 5.87. The highest BCUT2D eigenvalue weighted by Crippen LogP contribution is 2.33. The Morgan fingerprint density at radius 3 is 2.74 bits per heavy atom. The predicted molar refractivity (Wildman–Crippen MR) is 77.5 cm³/mol. The smallest absolute Gasteiger partial charge is 0.265 e. The monoisotopic (exact) mass is 280 g/mol. The number of rotatable bonds is 4. The van der Waals surface area contributed by atoms with E-state index in [4.69, 9.17) is 5.73 Å². The van der Waals surface area contributed by atoms with Gasteiger partial charge in [-0.15, -0.1) is 0 Å². The van der Waals surface area contributed by atoms with Crippen LogP contribution in [0.25, 0.3) is 0 Å². The molecule has 0 aliphatic heterocycles. The van der Waals surface area contributed by atoms with E-state index in [1.54, 1.807) is 0 Å². The van der Waals surface area contributed by atoms with Crippen LogP contribution >= 0.6 is 11.3 Å². The predicted octanol–water partition coefficient (Wildman–Crippen LogP) is 2.36. The first-order chi connectivity index (χ1) is 9.06. The summed E-state index contributed by atoms with van der Waals surface area (Å²) in [5.41, 5.74) is 5.78. The molecule has 0 unspecified atom stereocenters. The molecule has 0 bridgehead atoms. The van der Waals surface area contributed by atoms with E-state index in [2.05, 4.69) is 22.5 Å². The van der Waals surface area contributed by atoms with Crippen LogP contribution in [-0.2, 0) is 0 Å². The number of aromatic nitrogens is 1. The maximum atomic E-state index is 12.3. The Morgan fingerprint density at radius 2 is 2.11 bits per heavy atom. The highest BCUT2D eigenvalue weighted by Gasteiger charge is 2.32. The van der Waals surface area contributed by atoms with Gasteiger partial charge >= 0.3 is 0 Å². The number of hydrogen-bond donors (Lipinski definition) is 3. The Kier molecular flexibility index (Phi) is 3.12. The van der Waals surface area contributed by atoms with Gasteiger partial charge < -0.3 is 16.4 Å². The van der Waals surface area contributed by atoms with Gasteiger partial charge in [-0.3, -0.25) is 4.79 Å². The lowest BCUT2D eigenvalue weighted by molar-refractivity contribution is 0.0913. The fourth-order valence-corrected chi connectivity index (χ4v) is 3.43. The molecule has 2 aliphatic carbocycles. The summed E-state index contributed by atoms with van der Waals surface area (Å²) in [4.78, 5) is 17.1. The molecule has 1 heterocycles. The van der Waals surface area contributed by atoms with E-state index >= 15 is 0 Å². The van der Waals surface area contributed by atoms with Crippen LogP contribution in [0.2, 0.25) is 0 Å². The maximum Gasteiger partial charge on any atom is 0.265 e. The molecule has 0 aromatic carbocycles.